The number of hydrogen-bond acceptors (Lipinski definition) is 3. The molecule has 0 saturated carbocycles. The Balaban J connectivity index is 1.72. The summed E-state index contributed by atoms with van der Waals surface area (Å²) in [7, 11) is 0. The first-order valence-corrected chi connectivity index (χ1v) is 7.02. The number of ether oxygens (including phenoxy) is 1. The highest BCUT2D eigenvalue weighted by Gasteiger charge is 2.31. The maximum Gasteiger partial charge on any atom is 0.249 e. The molecule has 106 valence electrons. The van der Waals surface area contributed by atoms with Gasteiger partial charge in [-0.15, -0.1) is 0 Å². The van der Waals surface area contributed by atoms with Gasteiger partial charge in [0, 0.05) is 6.61 Å². The van der Waals surface area contributed by atoms with Crippen molar-refractivity contribution in [2.75, 3.05) is 6.61 Å². The van der Waals surface area contributed by atoms with Crippen LogP contribution in [0.15, 0.2) is 24.3 Å². The molecule has 0 bridgehead atoms. The van der Waals surface area contributed by atoms with Crippen LogP contribution in [0, 0.1) is 5.92 Å². The summed E-state index contributed by atoms with van der Waals surface area (Å²) in [5, 5.41) is 2.97. The Kier molecular flexibility index (Phi) is 3.44. The Morgan fingerprint density at radius 2 is 2.30 bits per heavy atom. The molecule has 2 aromatic rings. The third kappa shape index (κ3) is 2.41. The van der Waals surface area contributed by atoms with E-state index < -0.39 is 0 Å². The molecule has 5 nitrogen and oxygen atoms in total. The lowest BCUT2D eigenvalue weighted by Gasteiger charge is -2.17. The Hall–Kier alpha value is -1.88. The Bertz CT molecular complexity index is 589. The molecule has 20 heavy (non-hydrogen) atoms. The van der Waals surface area contributed by atoms with E-state index in [-0.39, 0.29) is 24.0 Å². The van der Waals surface area contributed by atoms with Gasteiger partial charge in [0.2, 0.25) is 5.91 Å². The molecule has 0 spiro atoms. The van der Waals surface area contributed by atoms with Gasteiger partial charge in [0.05, 0.1) is 17.1 Å². The van der Waals surface area contributed by atoms with Crippen molar-refractivity contribution in [2.24, 2.45) is 5.92 Å². The van der Waals surface area contributed by atoms with E-state index in [0.29, 0.717) is 6.61 Å². The van der Waals surface area contributed by atoms with E-state index in [0.717, 1.165) is 23.3 Å². The number of para-hydroxylation sites is 2. The van der Waals surface area contributed by atoms with Crippen molar-refractivity contribution in [3.05, 3.63) is 30.1 Å². The molecule has 3 atom stereocenters. The van der Waals surface area contributed by atoms with Crippen LogP contribution >= 0.6 is 0 Å². The second-order valence-corrected chi connectivity index (χ2v) is 5.43. The standard InChI is InChI=1S/C15H19N3O2/c1-9-7-8-20-13(9)15(19)16-10(2)14-17-11-5-3-4-6-12(11)18-14/h3-6,9-10,13H,7-8H2,1-2H3,(H,16,19)(H,17,18). The molecule has 3 rings (SSSR count). The van der Waals surface area contributed by atoms with Gasteiger partial charge >= 0.3 is 0 Å². The third-order valence-corrected chi connectivity index (χ3v) is 3.82. The number of carbonyl (C=O) groups is 1. The number of amides is 1. The monoisotopic (exact) mass is 273 g/mol. The van der Waals surface area contributed by atoms with Crippen LogP contribution in [-0.2, 0) is 9.53 Å². The first kappa shape index (κ1) is 13.1. The topological polar surface area (TPSA) is 67.0 Å². The zero-order valence-electron chi connectivity index (χ0n) is 11.7. The van der Waals surface area contributed by atoms with E-state index in [9.17, 15) is 4.79 Å². The Labute approximate surface area is 117 Å². The van der Waals surface area contributed by atoms with Crippen molar-refractivity contribution >= 4 is 16.9 Å². The van der Waals surface area contributed by atoms with Crippen molar-refractivity contribution in [3.8, 4) is 0 Å². The van der Waals surface area contributed by atoms with E-state index in [2.05, 4.69) is 15.3 Å². The van der Waals surface area contributed by atoms with E-state index in [1.165, 1.54) is 0 Å². The van der Waals surface area contributed by atoms with Crippen LogP contribution in [0.3, 0.4) is 0 Å². The number of benzene rings is 1. The Morgan fingerprint density at radius 3 is 3.00 bits per heavy atom. The van der Waals surface area contributed by atoms with Crippen LogP contribution < -0.4 is 5.32 Å². The van der Waals surface area contributed by atoms with E-state index in [1.807, 2.05) is 38.1 Å². The maximum absolute atomic E-state index is 12.2. The number of hydrogen-bond donors (Lipinski definition) is 2. The highest BCUT2D eigenvalue weighted by molar-refractivity contribution is 5.82. The first-order valence-electron chi connectivity index (χ1n) is 7.02. The minimum atomic E-state index is -0.332. The fraction of sp³-hybridized carbons (Fsp3) is 0.467. The number of aromatic nitrogens is 2. The summed E-state index contributed by atoms with van der Waals surface area (Å²) in [4.78, 5) is 19.9. The summed E-state index contributed by atoms with van der Waals surface area (Å²) >= 11 is 0. The van der Waals surface area contributed by atoms with Crippen LogP contribution in [-0.4, -0.2) is 28.6 Å². The summed E-state index contributed by atoms with van der Waals surface area (Å²) in [6, 6.07) is 7.67. The van der Waals surface area contributed by atoms with Crippen molar-refractivity contribution in [3.63, 3.8) is 0 Å². The molecule has 1 aliphatic rings. The minimum absolute atomic E-state index is 0.0528. The number of nitrogens with one attached hydrogen (secondary N) is 2. The maximum atomic E-state index is 12.2. The Morgan fingerprint density at radius 1 is 1.50 bits per heavy atom. The smallest absolute Gasteiger partial charge is 0.249 e. The average molecular weight is 273 g/mol. The predicted octanol–water partition coefficient (Wildman–Crippen LogP) is 2.17. The highest BCUT2D eigenvalue weighted by atomic mass is 16.5. The number of fused-ring (bicyclic) bond motifs is 1. The molecular formula is C15H19N3O2. The summed E-state index contributed by atoms with van der Waals surface area (Å²) in [5.41, 5.74) is 1.89. The van der Waals surface area contributed by atoms with Crippen molar-refractivity contribution in [2.45, 2.75) is 32.4 Å². The van der Waals surface area contributed by atoms with Gasteiger partial charge in [0.25, 0.3) is 0 Å². The lowest BCUT2D eigenvalue weighted by atomic mass is 10.0. The summed E-state index contributed by atoms with van der Waals surface area (Å²) < 4.78 is 5.48. The summed E-state index contributed by atoms with van der Waals surface area (Å²) in [5.74, 6) is 0.992. The highest BCUT2D eigenvalue weighted by Crippen LogP contribution is 2.21. The molecule has 2 heterocycles. The van der Waals surface area contributed by atoms with Crippen molar-refractivity contribution < 1.29 is 9.53 Å². The molecule has 1 aliphatic heterocycles. The van der Waals surface area contributed by atoms with Crippen LogP contribution in [0.2, 0.25) is 0 Å². The van der Waals surface area contributed by atoms with Crippen molar-refractivity contribution in [1.82, 2.24) is 15.3 Å². The number of rotatable bonds is 3. The van der Waals surface area contributed by atoms with E-state index >= 15 is 0 Å². The largest absolute Gasteiger partial charge is 0.368 e. The zero-order valence-corrected chi connectivity index (χ0v) is 11.7. The summed E-state index contributed by atoms with van der Waals surface area (Å²) in [6.07, 6.45) is 0.610. The van der Waals surface area contributed by atoms with E-state index in [1.54, 1.807) is 0 Å². The van der Waals surface area contributed by atoms with Crippen LogP contribution in [0.1, 0.15) is 32.1 Å². The summed E-state index contributed by atoms with van der Waals surface area (Å²) in [6.45, 7) is 4.64. The fourth-order valence-electron chi connectivity index (χ4n) is 2.57. The number of imidazole rings is 1. The van der Waals surface area contributed by atoms with Crippen LogP contribution in [0.5, 0.6) is 0 Å². The number of aromatic amines is 1. The van der Waals surface area contributed by atoms with Gasteiger partial charge in [-0.1, -0.05) is 19.1 Å². The lowest BCUT2D eigenvalue weighted by molar-refractivity contribution is -0.132. The lowest BCUT2D eigenvalue weighted by Crippen LogP contribution is -2.38. The quantitative estimate of drug-likeness (QED) is 0.900. The van der Waals surface area contributed by atoms with Crippen molar-refractivity contribution in [1.29, 1.82) is 0 Å². The first-order chi connectivity index (χ1) is 9.65. The molecule has 2 N–H and O–H groups in total. The molecule has 1 aromatic carbocycles. The van der Waals surface area contributed by atoms with Crippen LogP contribution in [0.4, 0.5) is 0 Å². The normalized spacial score (nSPS) is 23.9. The molecule has 0 radical (unpaired) electrons. The van der Waals surface area contributed by atoms with Gasteiger partial charge in [-0.05, 0) is 31.4 Å². The molecule has 1 fully saturated rings. The molecule has 1 amide bonds. The zero-order chi connectivity index (χ0) is 14.1. The van der Waals surface area contributed by atoms with Gasteiger partial charge in [0.15, 0.2) is 0 Å². The SMILES string of the molecule is CC(NC(=O)C1OCCC1C)c1nc2ccccc2[nH]1. The molecule has 1 aromatic heterocycles. The van der Waals surface area contributed by atoms with Gasteiger partial charge < -0.3 is 15.0 Å². The molecule has 3 unspecified atom stereocenters. The second-order valence-electron chi connectivity index (χ2n) is 5.43. The van der Waals surface area contributed by atoms with Gasteiger partial charge in [-0.2, -0.15) is 0 Å². The van der Waals surface area contributed by atoms with E-state index in [4.69, 9.17) is 4.74 Å². The number of nitrogens with zero attached hydrogens (tertiary/aromatic N) is 1. The predicted molar refractivity (Wildman–Crippen MR) is 76.2 cm³/mol. The molecule has 0 aliphatic carbocycles. The van der Waals surface area contributed by atoms with Gasteiger partial charge in [-0.25, -0.2) is 4.98 Å². The number of H-pyrrole nitrogens is 1. The molecule has 1 saturated heterocycles. The van der Waals surface area contributed by atoms with Gasteiger partial charge in [-0.3, -0.25) is 4.79 Å². The average Bonchev–Trinajstić information content (AvgIpc) is 3.04. The minimum Gasteiger partial charge on any atom is -0.368 e. The van der Waals surface area contributed by atoms with Gasteiger partial charge in [0.1, 0.15) is 11.9 Å². The molecular weight excluding hydrogens is 254 g/mol. The second kappa shape index (κ2) is 5.25. The fourth-order valence-corrected chi connectivity index (χ4v) is 2.57. The molecule has 5 heteroatoms. The number of carbonyl (C=O) groups excluding carboxylic acids is 1. The van der Waals surface area contributed by atoms with Crippen LogP contribution in [0.25, 0.3) is 11.0 Å². The third-order valence-electron chi connectivity index (χ3n) is 3.82.